The van der Waals surface area contributed by atoms with Crippen molar-refractivity contribution in [1.82, 2.24) is 19.8 Å². The lowest BCUT2D eigenvalue weighted by molar-refractivity contribution is 0.214. The Morgan fingerprint density at radius 1 is 1.47 bits per heavy atom. The van der Waals surface area contributed by atoms with E-state index in [1.54, 1.807) is 10.9 Å². The summed E-state index contributed by atoms with van der Waals surface area (Å²) in [5.41, 5.74) is -0.230. The molecule has 7 heteroatoms. The number of hydrogen-bond acceptors (Lipinski definition) is 4. The minimum Gasteiger partial charge on any atom is -0.318 e. The highest BCUT2D eigenvalue weighted by Gasteiger charge is 2.39. The SMILES string of the molecule is CCC1(NS(=O)(=O)c2cnn(CCNC)c2)CCC1. The highest BCUT2D eigenvalue weighted by atomic mass is 32.2. The fourth-order valence-corrected chi connectivity index (χ4v) is 3.79. The van der Waals surface area contributed by atoms with Crippen LogP contribution in [0.15, 0.2) is 17.3 Å². The molecule has 2 N–H and O–H groups in total. The van der Waals surface area contributed by atoms with Crippen molar-refractivity contribution in [3.8, 4) is 0 Å². The van der Waals surface area contributed by atoms with Crippen LogP contribution in [-0.2, 0) is 16.6 Å². The summed E-state index contributed by atoms with van der Waals surface area (Å²) in [5.74, 6) is 0. The monoisotopic (exact) mass is 286 g/mol. The zero-order chi connectivity index (χ0) is 13.9. The van der Waals surface area contributed by atoms with Gasteiger partial charge in [-0.1, -0.05) is 6.92 Å². The summed E-state index contributed by atoms with van der Waals surface area (Å²) in [6.45, 7) is 3.44. The highest BCUT2D eigenvalue weighted by molar-refractivity contribution is 7.89. The normalized spacial score (nSPS) is 18.2. The minimum atomic E-state index is -3.45. The van der Waals surface area contributed by atoms with Crippen molar-refractivity contribution in [2.75, 3.05) is 13.6 Å². The van der Waals surface area contributed by atoms with Crippen LogP contribution >= 0.6 is 0 Å². The topological polar surface area (TPSA) is 76.0 Å². The summed E-state index contributed by atoms with van der Waals surface area (Å²) in [7, 11) is -1.60. The standard InChI is InChI=1S/C12H22N4O2S/c1-3-12(5-4-6-12)15-19(17,18)11-9-14-16(10-11)8-7-13-2/h9-10,13,15H,3-8H2,1-2H3. The van der Waals surface area contributed by atoms with Gasteiger partial charge in [-0.15, -0.1) is 0 Å². The first-order valence-electron chi connectivity index (χ1n) is 6.72. The van der Waals surface area contributed by atoms with Gasteiger partial charge in [0.05, 0.1) is 12.7 Å². The summed E-state index contributed by atoms with van der Waals surface area (Å²) < 4.78 is 29.1. The first-order chi connectivity index (χ1) is 9.01. The first kappa shape index (κ1) is 14.5. The van der Waals surface area contributed by atoms with E-state index in [0.717, 1.165) is 32.2 Å². The number of likely N-dealkylation sites (N-methyl/N-ethyl adjacent to an activating group) is 1. The van der Waals surface area contributed by atoms with Crippen molar-refractivity contribution in [3.63, 3.8) is 0 Å². The molecule has 0 atom stereocenters. The molecular weight excluding hydrogens is 264 g/mol. The van der Waals surface area contributed by atoms with Gasteiger partial charge in [-0.2, -0.15) is 5.10 Å². The maximum absolute atomic E-state index is 12.3. The molecular formula is C12H22N4O2S. The molecule has 2 rings (SSSR count). The maximum Gasteiger partial charge on any atom is 0.244 e. The molecule has 1 saturated carbocycles. The number of nitrogens with zero attached hydrogens (tertiary/aromatic N) is 2. The average molecular weight is 286 g/mol. The van der Waals surface area contributed by atoms with E-state index in [9.17, 15) is 8.42 Å². The number of hydrogen-bond donors (Lipinski definition) is 2. The van der Waals surface area contributed by atoms with Crippen molar-refractivity contribution in [2.24, 2.45) is 0 Å². The summed E-state index contributed by atoms with van der Waals surface area (Å²) in [6, 6.07) is 0. The van der Waals surface area contributed by atoms with Crippen molar-refractivity contribution in [2.45, 2.75) is 49.6 Å². The van der Waals surface area contributed by atoms with E-state index in [2.05, 4.69) is 15.1 Å². The van der Waals surface area contributed by atoms with Crippen molar-refractivity contribution >= 4 is 10.0 Å². The third-order valence-electron chi connectivity index (χ3n) is 3.85. The molecule has 0 amide bonds. The molecule has 0 saturated heterocycles. The van der Waals surface area contributed by atoms with Crippen LogP contribution in [0.25, 0.3) is 0 Å². The van der Waals surface area contributed by atoms with Crippen LogP contribution in [0.5, 0.6) is 0 Å². The molecule has 0 aromatic carbocycles. The van der Waals surface area contributed by atoms with Gasteiger partial charge in [-0.3, -0.25) is 4.68 Å². The van der Waals surface area contributed by atoms with E-state index in [1.165, 1.54) is 6.20 Å². The molecule has 1 aromatic heterocycles. The van der Waals surface area contributed by atoms with E-state index in [-0.39, 0.29) is 10.4 Å². The minimum absolute atomic E-state index is 0.230. The second-order valence-corrected chi connectivity index (χ2v) is 6.82. The smallest absolute Gasteiger partial charge is 0.244 e. The number of rotatable bonds is 7. The van der Waals surface area contributed by atoms with Gasteiger partial charge in [-0.25, -0.2) is 13.1 Å². The molecule has 0 radical (unpaired) electrons. The molecule has 1 aromatic rings. The number of sulfonamides is 1. The summed E-state index contributed by atoms with van der Waals surface area (Å²) in [6.07, 6.45) is 6.78. The Balaban J connectivity index is 2.08. The van der Waals surface area contributed by atoms with Crippen LogP contribution in [-0.4, -0.2) is 37.3 Å². The second-order valence-electron chi connectivity index (χ2n) is 5.14. The van der Waals surface area contributed by atoms with Gasteiger partial charge in [0.15, 0.2) is 0 Å². The highest BCUT2D eigenvalue weighted by Crippen LogP contribution is 2.35. The van der Waals surface area contributed by atoms with Crippen LogP contribution in [0, 0.1) is 0 Å². The third kappa shape index (κ3) is 3.16. The zero-order valence-corrected chi connectivity index (χ0v) is 12.3. The Morgan fingerprint density at radius 3 is 2.74 bits per heavy atom. The number of aromatic nitrogens is 2. The molecule has 19 heavy (non-hydrogen) atoms. The first-order valence-corrected chi connectivity index (χ1v) is 8.21. The predicted octanol–water partition coefficient (Wildman–Crippen LogP) is 0.714. The maximum atomic E-state index is 12.3. The number of nitrogens with one attached hydrogen (secondary N) is 2. The molecule has 108 valence electrons. The molecule has 0 aliphatic heterocycles. The van der Waals surface area contributed by atoms with E-state index in [4.69, 9.17) is 0 Å². The lowest BCUT2D eigenvalue weighted by atomic mass is 9.76. The van der Waals surface area contributed by atoms with E-state index < -0.39 is 10.0 Å². The summed E-state index contributed by atoms with van der Waals surface area (Å²) in [4.78, 5) is 0.253. The van der Waals surface area contributed by atoms with E-state index in [1.807, 2.05) is 14.0 Å². The Morgan fingerprint density at radius 2 is 2.21 bits per heavy atom. The fraction of sp³-hybridized carbons (Fsp3) is 0.750. The van der Waals surface area contributed by atoms with Crippen LogP contribution < -0.4 is 10.0 Å². The van der Waals surface area contributed by atoms with Crippen LogP contribution in [0.4, 0.5) is 0 Å². The van der Waals surface area contributed by atoms with Crippen LogP contribution in [0.3, 0.4) is 0 Å². The quantitative estimate of drug-likeness (QED) is 0.774. The Kier molecular flexibility index (Phi) is 4.27. The third-order valence-corrected chi connectivity index (χ3v) is 5.38. The summed E-state index contributed by atoms with van der Waals surface area (Å²) in [5, 5.41) is 7.08. The van der Waals surface area contributed by atoms with Crippen molar-refractivity contribution < 1.29 is 8.42 Å². The Hall–Kier alpha value is -0.920. The van der Waals surface area contributed by atoms with E-state index >= 15 is 0 Å². The lowest BCUT2D eigenvalue weighted by Crippen LogP contribution is -2.52. The fourth-order valence-electron chi connectivity index (χ4n) is 2.31. The van der Waals surface area contributed by atoms with Crippen LogP contribution in [0.1, 0.15) is 32.6 Å². The van der Waals surface area contributed by atoms with E-state index in [0.29, 0.717) is 6.54 Å². The largest absolute Gasteiger partial charge is 0.318 e. The molecule has 0 bridgehead atoms. The van der Waals surface area contributed by atoms with Gasteiger partial charge >= 0.3 is 0 Å². The van der Waals surface area contributed by atoms with Crippen molar-refractivity contribution in [3.05, 3.63) is 12.4 Å². The van der Waals surface area contributed by atoms with Gasteiger partial charge in [0.2, 0.25) is 10.0 Å². The lowest BCUT2D eigenvalue weighted by Gasteiger charge is -2.41. The zero-order valence-electron chi connectivity index (χ0n) is 11.5. The summed E-state index contributed by atoms with van der Waals surface area (Å²) >= 11 is 0. The Bertz CT molecular complexity index is 514. The van der Waals surface area contributed by atoms with Gasteiger partial charge in [0.25, 0.3) is 0 Å². The molecule has 1 heterocycles. The molecule has 6 nitrogen and oxygen atoms in total. The molecule has 1 aliphatic carbocycles. The predicted molar refractivity (Wildman–Crippen MR) is 73.3 cm³/mol. The molecule has 0 unspecified atom stereocenters. The average Bonchev–Trinajstić information content (AvgIpc) is 2.81. The Labute approximate surface area is 114 Å². The second kappa shape index (κ2) is 5.60. The molecule has 0 spiro atoms. The molecule has 1 aliphatic rings. The van der Waals surface area contributed by atoms with Gasteiger partial charge < -0.3 is 5.32 Å². The van der Waals surface area contributed by atoms with Gasteiger partial charge in [0, 0.05) is 18.3 Å². The van der Waals surface area contributed by atoms with Gasteiger partial charge in [-0.05, 0) is 32.7 Å². The molecule has 1 fully saturated rings. The van der Waals surface area contributed by atoms with Gasteiger partial charge in [0.1, 0.15) is 4.90 Å². The van der Waals surface area contributed by atoms with Crippen molar-refractivity contribution in [1.29, 1.82) is 0 Å². The van der Waals surface area contributed by atoms with Crippen LogP contribution in [0.2, 0.25) is 0 Å².